The van der Waals surface area contributed by atoms with Gasteiger partial charge in [-0.1, -0.05) is 60.7 Å². The summed E-state index contributed by atoms with van der Waals surface area (Å²) in [5.41, 5.74) is -0.406. The van der Waals surface area contributed by atoms with E-state index in [1.165, 1.54) is 13.2 Å². The Labute approximate surface area is 344 Å². The number of nitrogens with zero attached hydrogens (tertiary/aromatic N) is 2. The summed E-state index contributed by atoms with van der Waals surface area (Å²) in [5.74, 6) is -0.875. The molecule has 0 radical (unpaired) electrons. The number of carbonyl (C=O) groups is 2. The van der Waals surface area contributed by atoms with Gasteiger partial charge in [-0.3, -0.25) is 9.59 Å². The van der Waals surface area contributed by atoms with Crippen molar-refractivity contribution in [3.8, 4) is 5.75 Å². The molecule has 312 valence electrons. The summed E-state index contributed by atoms with van der Waals surface area (Å²) in [7, 11) is 5.28. The van der Waals surface area contributed by atoms with Crippen LogP contribution in [0, 0.1) is 0 Å². The molecule has 58 heavy (non-hydrogen) atoms. The third kappa shape index (κ3) is 10.5. The fourth-order valence-electron chi connectivity index (χ4n) is 7.79. The Hall–Kier alpha value is -4.18. The maximum atomic E-state index is 13.4. The predicted octanol–water partition coefficient (Wildman–Crippen LogP) is 9.56. The highest BCUT2D eigenvalue weighted by molar-refractivity contribution is 7.99. The molecule has 0 aliphatic carbocycles. The molecule has 2 heterocycles. The van der Waals surface area contributed by atoms with E-state index in [0.29, 0.717) is 18.0 Å². The Kier molecular flexibility index (Phi) is 14.6. The number of nitrogens with one attached hydrogen (secondary N) is 2. The minimum absolute atomic E-state index is 0.0842. The Morgan fingerprint density at radius 3 is 1.55 bits per heavy atom. The molecule has 0 spiro atoms. The summed E-state index contributed by atoms with van der Waals surface area (Å²) in [6, 6.07) is 24.6. The van der Waals surface area contributed by atoms with Gasteiger partial charge in [0.1, 0.15) is 5.75 Å². The van der Waals surface area contributed by atoms with E-state index < -0.39 is 40.5 Å². The SMILES string of the molecule is COc1cc(C(F)(F)F)cc(SC)c1C(=O)NC1(c2ccccc2)CCCN(C)C1.CSc1cc(C(F)(F)F)ccc1C(=O)NC1(c2ccccc2)CCCN(C)C1. The van der Waals surface area contributed by atoms with Crippen LogP contribution in [0.25, 0.3) is 0 Å². The number of methoxy groups -OCH3 is 1. The van der Waals surface area contributed by atoms with Crippen molar-refractivity contribution < 1.29 is 40.7 Å². The molecule has 0 aromatic heterocycles. The fraction of sp³-hybridized carbons (Fsp3) is 0.395. The van der Waals surface area contributed by atoms with E-state index >= 15 is 0 Å². The predicted molar refractivity (Wildman–Crippen MR) is 218 cm³/mol. The molecule has 2 aliphatic rings. The van der Waals surface area contributed by atoms with Crippen LogP contribution in [-0.2, 0) is 23.4 Å². The lowest BCUT2D eigenvalue weighted by molar-refractivity contribution is -0.138. The summed E-state index contributed by atoms with van der Waals surface area (Å²) in [6.07, 6.45) is -2.30. The van der Waals surface area contributed by atoms with Crippen LogP contribution in [0.1, 0.15) is 68.7 Å². The average molecular weight is 847 g/mol. The zero-order valence-corrected chi connectivity index (χ0v) is 34.7. The monoisotopic (exact) mass is 846 g/mol. The van der Waals surface area contributed by atoms with Crippen LogP contribution in [0.5, 0.6) is 5.75 Å². The minimum atomic E-state index is -4.52. The number of piperidine rings is 2. The molecule has 0 saturated carbocycles. The standard InChI is InChI=1S/C22H25F3N2O2S.C21H23F3N2OS/c1-27-11-7-10-21(14-27,15-8-5-4-6-9-15)26-20(28)19-17(29-2)12-16(22(23,24)25)13-18(19)30-3;1-26-12-6-11-20(14-26,15-7-4-3-5-8-15)25-19(27)17-10-9-16(21(22,23)24)13-18(17)28-2/h4-6,8-9,12-13H,7,10-11,14H2,1-3H3,(H,26,28);3-5,7-10,13H,6,11-12,14H2,1-2H3,(H,25,27). The number of benzene rings is 4. The van der Waals surface area contributed by atoms with E-state index in [-0.39, 0.29) is 27.7 Å². The molecule has 2 saturated heterocycles. The molecule has 2 N–H and O–H groups in total. The summed E-state index contributed by atoms with van der Waals surface area (Å²) >= 11 is 2.23. The highest BCUT2D eigenvalue weighted by Gasteiger charge is 2.41. The maximum absolute atomic E-state index is 13.4. The van der Waals surface area contributed by atoms with Crippen molar-refractivity contribution in [1.29, 1.82) is 0 Å². The number of likely N-dealkylation sites (N-methyl/N-ethyl adjacent to an activating group) is 2. The second-order valence-electron chi connectivity index (χ2n) is 14.7. The van der Waals surface area contributed by atoms with Crippen molar-refractivity contribution in [3.05, 3.63) is 124 Å². The number of ether oxygens (including phenoxy) is 1. The van der Waals surface area contributed by atoms with Gasteiger partial charge in [0.2, 0.25) is 0 Å². The van der Waals surface area contributed by atoms with E-state index in [1.54, 1.807) is 12.5 Å². The Morgan fingerprint density at radius 2 is 1.12 bits per heavy atom. The van der Waals surface area contributed by atoms with Gasteiger partial charge < -0.3 is 25.2 Å². The molecule has 2 aliphatic heterocycles. The van der Waals surface area contributed by atoms with E-state index in [4.69, 9.17) is 4.74 Å². The van der Waals surface area contributed by atoms with Gasteiger partial charge in [0, 0.05) is 22.9 Å². The first-order valence-corrected chi connectivity index (χ1v) is 21.1. The molecular weight excluding hydrogens is 799 g/mol. The third-order valence-electron chi connectivity index (χ3n) is 10.6. The smallest absolute Gasteiger partial charge is 0.416 e. The van der Waals surface area contributed by atoms with Gasteiger partial charge in [0.05, 0.1) is 40.4 Å². The second-order valence-corrected chi connectivity index (χ2v) is 16.3. The highest BCUT2D eigenvalue weighted by atomic mass is 32.2. The van der Waals surface area contributed by atoms with Crippen molar-refractivity contribution in [2.24, 2.45) is 0 Å². The first-order valence-electron chi connectivity index (χ1n) is 18.7. The minimum Gasteiger partial charge on any atom is -0.496 e. The van der Waals surface area contributed by atoms with Crippen molar-refractivity contribution >= 4 is 35.3 Å². The highest BCUT2D eigenvalue weighted by Crippen LogP contribution is 2.40. The fourth-order valence-corrected chi connectivity index (χ4v) is 9.06. The molecule has 2 amide bonds. The first-order chi connectivity index (χ1) is 27.4. The molecule has 6 rings (SSSR count). The normalized spacial score (nSPS) is 20.4. The number of carbonyl (C=O) groups excluding carboxylic acids is 2. The number of hydrogen-bond donors (Lipinski definition) is 2. The van der Waals surface area contributed by atoms with Gasteiger partial charge in [0.25, 0.3) is 11.8 Å². The van der Waals surface area contributed by atoms with Crippen LogP contribution in [0.2, 0.25) is 0 Å². The number of rotatable bonds is 9. The molecule has 2 atom stereocenters. The molecule has 0 bridgehead atoms. The Bertz CT molecular complexity index is 2010. The number of likely N-dealkylation sites (tertiary alicyclic amines) is 2. The lowest BCUT2D eigenvalue weighted by atomic mass is 9.82. The van der Waals surface area contributed by atoms with Gasteiger partial charge in [-0.05, 0) is 107 Å². The van der Waals surface area contributed by atoms with Crippen LogP contribution in [-0.4, -0.2) is 81.5 Å². The zero-order valence-electron chi connectivity index (χ0n) is 33.0. The van der Waals surface area contributed by atoms with Crippen molar-refractivity contribution in [3.63, 3.8) is 0 Å². The van der Waals surface area contributed by atoms with E-state index in [1.807, 2.05) is 74.8 Å². The summed E-state index contributed by atoms with van der Waals surface area (Å²) in [5, 5.41) is 6.30. The van der Waals surface area contributed by atoms with Crippen LogP contribution in [0.15, 0.2) is 101 Å². The lowest BCUT2D eigenvalue weighted by Gasteiger charge is -2.42. The quantitative estimate of drug-likeness (QED) is 0.129. The number of alkyl halides is 6. The van der Waals surface area contributed by atoms with Gasteiger partial charge in [-0.25, -0.2) is 0 Å². The Balaban J connectivity index is 0.000000221. The summed E-state index contributed by atoms with van der Waals surface area (Å²) in [6.45, 7) is 3.13. The van der Waals surface area contributed by atoms with Crippen LogP contribution in [0.3, 0.4) is 0 Å². The zero-order chi connectivity index (χ0) is 42.3. The van der Waals surface area contributed by atoms with Crippen molar-refractivity contribution in [2.75, 3.05) is 59.9 Å². The average Bonchev–Trinajstić information content (AvgIpc) is 3.20. The topological polar surface area (TPSA) is 73.9 Å². The van der Waals surface area contributed by atoms with E-state index in [9.17, 15) is 35.9 Å². The maximum Gasteiger partial charge on any atom is 0.416 e. The van der Waals surface area contributed by atoms with Gasteiger partial charge in [-0.15, -0.1) is 23.5 Å². The number of hydrogen-bond acceptors (Lipinski definition) is 7. The molecular formula is C43H48F6N4O3S2. The molecule has 15 heteroatoms. The largest absolute Gasteiger partial charge is 0.496 e. The summed E-state index contributed by atoms with van der Waals surface area (Å²) in [4.78, 5) is 31.4. The van der Waals surface area contributed by atoms with E-state index in [2.05, 4.69) is 20.4 Å². The Morgan fingerprint density at radius 1 is 0.655 bits per heavy atom. The lowest BCUT2D eigenvalue weighted by Crippen LogP contribution is -2.55. The van der Waals surface area contributed by atoms with Crippen LogP contribution < -0.4 is 15.4 Å². The number of amides is 2. The molecule has 2 unspecified atom stereocenters. The second kappa shape index (κ2) is 18.8. The van der Waals surface area contributed by atoms with Gasteiger partial charge in [0.15, 0.2) is 0 Å². The number of thioether (sulfide) groups is 2. The van der Waals surface area contributed by atoms with Crippen LogP contribution >= 0.6 is 23.5 Å². The van der Waals surface area contributed by atoms with Gasteiger partial charge in [-0.2, -0.15) is 26.3 Å². The molecule has 4 aromatic carbocycles. The van der Waals surface area contributed by atoms with E-state index in [0.717, 1.165) is 97.7 Å². The molecule has 7 nitrogen and oxygen atoms in total. The first kappa shape index (κ1) is 44.9. The van der Waals surface area contributed by atoms with Crippen molar-refractivity contribution in [1.82, 2.24) is 20.4 Å². The number of halogens is 6. The van der Waals surface area contributed by atoms with Gasteiger partial charge >= 0.3 is 12.4 Å². The van der Waals surface area contributed by atoms with Crippen molar-refractivity contribution in [2.45, 2.75) is 58.9 Å². The summed E-state index contributed by atoms with van der Waals surface area (Å²) < 4.78 is 84.1. The third-order valence-corrected chi connectivity index (χ3v) is 12.1. The molecule has 4 aromatic rings. The molecule has 2 fully saturated rings. The van der Waals surface area contributed by atoms with Crippen LogP contribution in [0.4, 0.5) is 26.3 Å².